The van der Waals surface area contributed by atoms with E-state index in [4.69, 9.17) is 9.15 Å². The van der Waals surface area contributed by atoms with Gasteiger partial charge in [0.05, 0.1) is 19.5 Å². The zero-order valence-electron chi connectivity index (χ0n) is 13.4. The number of fused-ring (bicyclic) bond motifs is 1. The number of carbonyl (C=O) groups excluding carboxylic acids is 1. The molecule has 1 aromatic carbocycles. The lowest BCUT2D eigenvalue weighted by Gasteiger charge is -2.15. The van der Waals surface area contributed by atoms with Crippen LogP contribution >= 0.6 is 0 Å². The monoisotopic (exact) mass is 328 g/mol. The number of benzene rings is 1. The number of nitrogens with one attached hydrogen (secondary N) is 1. The maximum atomic E-state index is 12.7. The van der Waals surface area contributed by atoms with Crippen LogP contribution in [0.1, 0.15) is 22.3 Å². The van der Waals surface area contributed by atoms with E-state index in [1.807, 2.05) is 34.9 Å². The van der Waals surface area contributed by atoms with Crippen molar-refractivity contribution in [2.24, 2.45) is 0 Å². The zero-order valence-corrected chi connectivity index (χ0v) is 13.4. The highest BCUT2D eigenvalue weighted by molar-refractivity contribution is 5.99. The highest BCUT2D eigenvalue weighted by Gasteiger charge is 2.21. The summed E-state index contributed by atoms with van der Waals surface area (Å²) >= 11 is 0. The maximum absolute atomic E-state index is 12.7. The minimum Gasteiger partial charge on any atom is -0.467 e. The van der Waals surface area contributed by atoms with Crippen LogP contribution in [-0.2, 0) is 11.3 Å². The summed E-state index contributed by atoms with van der Waals surface area (Å²) in [6.45, 7) is 0.829. The third-order valence-corrected chi connectivity index (χ3v) is 3.94. The van der Waals surface area contributed by atoms with Crippen LogP contribution in [0.4, 0.5) is 0 Å². The molecular formula is C18H20N2O4. The Labute approximate surface area is 139 Å². The second-order valence-corrected chi connectivity index (χ2v) is 5.46. The number of furan rings is 1. The van der Waals surface area contributed by atoms with Gasteiger partial charge < -0.3 is 24.1 Å². The predicted octanol–water partition coefficient (Wildman–Crippen LogP) is 2.34. The van der Waals surface area contributed by atoms with E-state index in [1.54, 1.807) is 19.2 Å². The molecule has 0 aliphatic heterocycles. The first-order chi connectivity index (χ1) is 11.7. The molecule has 2 N–H and O–H groups in total. The molecule has 3 rings (SSSR count). The van der Waals surface area contributed by atoms with Crippen LogP contribution in [0.25, 0.3) is 10.9 Å². The quantitative estimate of drug-likeness (QED) is 0.698. The number of amides is 1. The third kappa shape index (κ3) is 3.20. The van der Waals surface area contributed by atoms with Gasteiger partial charge in [0, 0.05) is 24.6 Å². The normalized spacial score (nSPS) is 12.4. The molecule has 0 aliphatic rings. The number of hydrogen-bond donors (Lipinski definition) is 2. The van der Waals surface area contributed by atoms with Gasteiger partial charge in [0.25, 0.3) is 5.91 Å². The fourth-order valence-electron chi connectivity index (χ4n) is 2.75. The van der Waals surface area contributed by atoms with Crippen molar-refractivity contribution in [3.05, 3.63) is 60.2 Å². The minimum absolute atomic E-state index is 0.239. The molecule has 0 saturated heterocycles. The van der Waals surface area contributed by atoms with Crippen LogP contribution in [0.3, 0.4) is 0 Å². The Morgan fingerprint density at radius 2 is 2.17 bits per heavy atom. The van der Waals surface area contributed by atoms with Crippen molar-refractivity contribution in [3.8, 4) is 0 Å². The molecule has 1 amide bonds. The number of nitrogens with zero attached hydrogens (tertiary/aromatic N) is 1. The zero-order chi connectivity index (χ0) is 16.9. The second kappa shape index (κ2) is 7.33. The van der Waals surface area contributed by atoms with Gasteiger partial charge in [-0.2, -0.15) is 0 Å². The fraction of sp³-hybridized carbons (Fsp3) is 0.278. The average molecular weight is 328 g/mol. The Morgan fingerprint density at radius 1 is 1.33 bits per heavy atom. The molecule has 0 radical (unpaired) electrons. The van der Waals surface area contributed by atoms with Crippen LogP contribution in [0, 0.1) is 0 Å². The first-order valence-electron chi connectivity index (χ1n) is 7.77. The molecule has 6 heteroatoms. The van der Waals surface area contributed by atoms with Crippen molar-refractivity contribution in [2.45, 2.75) is 12.6 Å². The summed E-state index contributed by atoms with van der Waals surface area (Å²) in [5, 5.41) is 13.3. The lowest BCUT2D eigenvalue weighted by atomic mass is 10.2. The summed E-state index contributed by atoms with van der Waals surface area (Å²) in [6.07, 6.45) is 1.51. The number of hydrogen-bond acceptors (Lipinski definition) is 4. The maximum Gasteiger partial charge on any atom is 0.268 e. The second-order valence-electron chi connectivity index (χ2n) is 5.46. The van der Waals surface area contributed by atoms with E-state index in [1.165, 1.54) is 6.26 Å². The number of carbonyl (C=O) groups is 1. The van der Waals surface area contributed by atoms with E-state index in [9.17, 15) is 9.90 Å². The van der Waals surface area contributed by atoms with E-state index in [0.717, 1.165) is 10.9 Å². The van der Waals surface area contributed by atoms with Gasteiger partial charge in [-0.1, -0.05) is 18.2 Å². The molecule has 0 aliphatic carbocycles. The first-order valence-corrected chi connectivity index (χ1v) is 7.77. The van der Waals surface area contributed by atoms with Crippen molar-refractivity contribution in [3.63, 3.8) is 0 Å². The number of rotatable bonds is 7. The average Bonchev–Trinajstić information content (AvgIpc) is 3.25. The highest BCUT2D eigenvalue weighted by atomic mass is 16.5. The van der Waals surface area contributed by atoms with E-state index < -0.39 is 6.04 Å². The van der Waals surface area contributed by atoms with Crippen molar-refractivity contribution in [1.82, 2.24) is 9.88 Å². The topological polar surface area (TPSA) is 76.6 Å². The largest absolute Gasteiger partial charge is 0.467 e. The Morgan fingerprint density at radius 3 is 2.88 bits per heavy atom. The number of ether oxygens (including phenoxy) is 1. The summed E-state index contributed by atoms with van der Waals surface area (Å²) in [5.41, 5.74) is 1.50. The molecule has 6 nitrogen and oxygen atoms in total. The van der Waals surface area contributed by atoms with Crippen molar-refractivity contribution < 1.29 is 19.1 Å². The lowest BCUT2D eigenvalue weighted by Crippen LogP contribution is -2.32. The van der Waals surface area contributed by atoms with Crippen LogP contribution < -0.4 is 5.32 Å². The van der Waals surface area contributed by atoms with Crippen molar-refractivity contribution >= 4 is 16.8 Å². The molecule has 24 heavy (non-hydrogen) atoms. The molecule has 1 unspecified atom stereocenters. The number of para-hydroxylation sites is 1. The van der Waals surface area contributed by atoms with Gasteiger partial charge in [0.15, 0.2) is 0 Å². The van der Waals surface area contributed by atoms with E-state index >= 15 is 0 Å². The highest BCUT2D eigenvalue weighted by Crippen LogP contribution is 2.21. The van der Waals surface area contributed by atoms with Gasteiger partial charge in [-0.15, -0.1) is 0 Å². The van der Waals surface area contributed by atoms with Crippen molar-refractivity contribution in [1.29, 1.82) is 0 Å². The van der Waals surface area contributed by atoms with Gasteiger partial charge in [0.1, 0.15) is 17.5 Å². The molecule has 0 spiro atoms. The Kier molecular flexibility index (Phi) is 4.98. The molecule has 2 aromatic heterocycles. The minimum atomic E-state index is -0.582. The fourth-order valence-corrected chi connectivity index (χ4v) is 2.75. The number of methoxy groups -OCH3 is 1. The summed E-state index contributed by atoms with van der Waals surface area (Å²) in [5.74, 6) is 0.253. The molecule has 2 heterocycles. The third-order valence-electron chi connectivity index (χ3n) is 3.94. The summed E-state index contributed by atoms with van der Waals surface area (Å²) in [7, 11) is 1.63. The lowest BCUT2D eigenvalue weighted by molar-refractivity contribution is 0.0896. The van der Waals surface area contributed by atoms with Gasteiger partial charge >= 0.3 is 0 Å². The van der Waals surface area contributed by atoms with Gasteiger partial charge in [-0.3, -0.25) is 4.79 Å². The molecule has 3 aromatic rings. The number of aromatic nitrogens is 1. The van der Waals surface area contributed by atoms with Gasteiger partial charge in [-0.05, 0) is 24.3 Å². The van der Waals surface area contributed by atoms with Crippen LogP contribution in [0.15, 0.2) is 53.1 Å². The molecule has 1 atom stereocenters. The molecule has 0 bridgehead atoms. The van der Waals surface area contributed by atoms with E-state index in [2.05, 4.69) is 5.32 Å². The molecule has 126 valence electrons. The van der Waals surface area contributed by atoms with Crippen LogP contribution in [-0.4, -0.2) is 35.9 Å². The Bertz CT molecular complexity index is 808. The summed E-state index contributed by atoms with van der Waals surface area (Å²) in [4.78, 5) is 12.7. The summed E-state index contributed by atoms with van der Waals surface area (Å²) in [6, 6.07) is 12.5. The molecule has 0 saturated carbocycles. The van der Waals surface area contributed by atoms with Crippen LogP contribution in [0.5, 0.6) is 0 Å². The number of aliphatic hydroxyl groups excluding tert-OH is 1. The molecule has 0 fully saturated rings. The van der Waals surface area contributed by atoms with Gasteiger partial charge in [0.2, 0.25) is 0 Å². The summed E-state index contributed by atoms with van der Waals surface area (Å²) < 4.78 is 12.3. The number of aliphatic hydroxyl groups is 1. The van der Waals surface area contributed by atoms with E-state index in [-0.39, 0.29) is 12.5 Å². The Balaban J connectivity index is 1.91. The SMILES string of the molecule is COCCn1c(C(=O)NC(CO)c2ccco2)cc2ccccc21. The first kappa shape index (κ1) is 16.3. The van der Waals surface area contributed by atoms with Gasteiger partial charge in [-0.25, -0.2) is 0 Å². The molecular weight excluding hydrogens is 308 g/mol. The van der Waals surface area contributed by atoms with Crippen LogP contribution in [0.2, 0.25) is 0 Å². The van der Waals surface area contributed by atoms with Crippen molar-refractivity contribution in [2.75, 3.05) is 20.3 Å². The smallest absolute Gasteiger partial charge is 0.268 e. The van der Waals surface area contributed by atoms with E-state index in [0.29, 0.717) is 24.6 Å². The predicted molar refractivity (Wildman–Crippen MR) is 89.8 cm³/mol. The standard InChI is InChI=1S/C18H20N2O4/c1-23-10-8-20-15-6-3-2-5-13(15)11-16(20)18(22)19-14(12-21)17-7-4-9-24-17/h2-7,9,11,14,21H,8,10,12H2,1H3,(H,19,22). The Hall–Kier alpha value is -2.57.